The summed E-state index contributed by atoms with van der Waals surface area (Å²) in [6.07, 6.45) is -0.173. The van der Waals surface area contributed by atoms with E-state index in [0.29, 0.717) is 34.6 Å². The summed E-state index contributed by atoms with van der Waals surface area (Å²) in [6, 6.07) is 23.9. The van der Waals surface area contributed by atoms with Crippen LogP contribution in [-0.4, -0.2) is 81.3 Å². The van der Waals surface area contributed by atoms with Gasteiger partial charge in [-0.2, -0.15) is 0 Å². The number of amides is 1. The van der Waals surface area contributed by atoms with Crippen LogP contribution in [0.3, 0.4) is 0 Å². The fourth-order valence-corrected chi connectivity index (χ4v) is 6.05. The van der Waals surface area contributed by atoms with Gasteiger partial charge in [-0.05, 0) is 69.3 Å². The van der Waals surface area contributed by atoms with Crippen molar-refractivity contribution in [2.75, 3.05) is 49.9 Å². The van der Waals surface area contributed by atoms with Crippen molar-refractivity contribution in [2.45, 2.75) is 19.9 Å². The molecule has 0 saturated carbocycles. The Balaban J connectivity index is 1.01. The van der Waals surface area contributed by atoms with Gasteiger partial charge in [-0.25, -0.2) is 4.63 Å². The van der Waals surface area contributed by atoms with Gasteiger partial charge in [-0.3, -0.25) is 29.5 Å². The number of fused-ring (bicyclic) bond motifs is 1. The number of para-hydroxylation sites is 1. The molecule has 0 unspecified atom stereocenters. The van der Waals surface area contributed by atoms with Gasteiger partial charge in [0.05, 0.1) is 17.0 Å². The number of rotatable bonds is 12. The summed E-state index contributed by atoms with van der Waals surface area (Å²) in [5, 5.41) is 34.1. The quantitative estimate of drug-likeness (QED) is 0.120. The highest BCUT2D eigenvalue weighted by atomic mass is 16.6. The van der Waals surface area contributed by atoms with E-state index in [4.69, 9.17) is 4.63 Å². The van der Waals surface area contributed by atoms with Crippen molar-refractivity contribution >= 4 is 40.0 Å². The summed E-state index contributed by atoms with van der Waals surface area (Å²) in [5.41, 5.74) is 6.85. The number of nitrogens with one attached hydrogen (secondary N) is 2. The van der Waals surface area contributed by atoms with Crippen molar-refractivity contribution in [2.24, 2.45) is 0 Å². The SMILES string of the molecule is Cc1cc(CN2CCN(CCNc3ccc([N+](=O)[O-])c4nonc34)CC2)ccc1-c1cccc(C(=O)Nc2ccccc2CC(=O)O)c1. The highest BCUT2D eigenvalue weighted by Gasteiger charge is 2.21. The maximum absolute atomic E-state index is 13.1. The first-order chi connectivity index (χ1) is 23.2. The minimum Gasteiger partial charge on any atom is -0.481 e. The van der Waals surface area contributed by atoms with E-state index in [2.05, 4.69) is 55.9 Å². The maximum Gasteiger partial charge on any atom is 0.307 e. The monoisotopic (exact) mass is 649 g/mol. The molecular formula is C35H35N7O6. The number of benzene rings is 4. The molecular weight excluding hydrogens is 614 g/mol. The second-order valence-corrected chi connectivity index (χ2v) is 11.8. The van der Waals surface area contributed by atoms with Crippen molar-refractivity contribution in [3.8, 4) is 11.1 Å². The predicted molar refractivity (Wildman–Crippen MR) is 181 cm³/mol. The topological polar surface area (TPSA) is 167 Å². The molecule has 2 heterocycles. The van der Waals surface area contributed by atoms with E-state index in [0.717, 1.165) is 56.0 Å². The van der Waals surface area contributed by atoms with Gasteiger partial charge < -0.3 is 15.7 Å². The normalized spacial score (nSPS) is 13.8. The minimum atomic E-state index is -0.959. The molecule has 1 aliphatic rings. The molecule has 1 aromatic heterocycles. The molecule has 4 aromatic carbocycles. The summed E-state index contributed by atoms with van der Waals surface area (Å²) >= 11 is 0. The Morgan fingerprint density at radius 3 is 2.46 bits per heavy atom. The molecule has 1 amide bonds. The van der Waals surface area contributed by atoms with Crippen molar-refractivity contribution in [3.05, 3.63) is 111 Å². The van der Waals surface area contributed by atoms with Crippen molar-refractivity contribution in [1.82, 2.24) is 20.1 Å². The van der Waals surface area contributed by atoms with Crippen LogP contribution in [-0.2, 0) is 17.8 Å². The summed E-state index contributed by atoms with van der Waals surface area (Å²) in [6.45, 7) is 8.10. The Labute approximate surface area is 276 Å². The van der Waals surface area contributed by atoms with Crippen LogP contribution in [0.2, 0.25) is 0 Å². The number of carboxylic acids is 1. The molecule has 48 heavy (non-hydrogen) atoms. The van der Waals surface area contributed by atoms with Crippen molar-refractivity contribution in [1.29, 1.82) is 0 Å². The molecule has 1 saturated heterocycles. The first-order valence-electron chi connectivity index (χ1n) is 15.6. The summed E-state index contributed by atoms with van der Waals surface area (Å²) < 4.78 is 4.74. The van der Waals surface area contributed by atoms with Gasteiger partial charge in [0.1, 0.15) is 0 Å². The lowest BCUT2D eigenvalue weighted by molar-refractivity contribution is -0.383. The number of hydrogen-bond donors (Lipinski definition) is 3. The molecule has 6 rings (SSSR count). The fourth-order valence-electron chi connectivity index (χ4n) is 6.05. The van der Waals surface area contributed by atoms with Crippen LogP contribution in [0.4, 0.5) is 17.1 Å². The Hall–Kier alpha value is -5.66. The highest BCUT2D eigenvalue weighted by molar-refractivity contribution is 6.05. The maximum atomic E-state index is 13.1. The lowest BCUT2D eigenvalue weighted by Crippen LogP contribution is -2.47. The van der Waals surface area contributed by atoms with Gasteiger partial charge in [0.15, 0.2) is 5.52 Å². The molecule has 0 radical (unpaired) electrons. The molecule has 0 bridgehead atoms. The standard InChI is InChI=1S/C35H35N7O6/c1-23-19-24(9-10-28(23)25-6-4-7-27(20-25)35(45)37-29-8-3-2-5-26(29)21-32(43)44)22-41-17-15-40(16-18-41)14-13-36-30-11-12-31(42(46)47)34-33(30)38-48-39-34/h2-12,19-20,36H,13-18,21-22H2,1H3,(H,37,45)(H,43,44). The first-order valence-corrected chi connectivity index (χ1v) is 15.6. The third-order valence-corrected chi connectivity index (χ3v) is 8.54. The molecule has 5 aromatic rings. The van der Waals surface area contributed by atoms with Gasteiger partial charge in [0.2, 0.25) is 5.52 Å². The largest absolute Gasteiger partial charge is 0.481 e. The Morgan fingerprint density at radius 1 is 0.917 bits per heavy atom. The van der Waals surface area contributed by atoms with Crippen LogP contribution in [0, 0.1) is 17.0 Å². The van der Waals surface area contributed by atoms with E-state index in [-0.39, 0.29) is 23.5 Å². The van der Waals surface area contributed by atoms with E-state index in [9.17, 15) is 24.8 Å². The smallest absolute Gasteiger partial charge is 0.307 e. The zero-order chi connectivity index (χ0) is 33.6. The van der Waals surface area contributed by atoms with Crippen LogP contribution < -0.4 is 10.6 Å². The summed E-state index contributed by atoms with van der Waals surface area (Å²) in [7, 11) is 0. The lowest BCUT2D eigenvalue weighted by Gasteiger charge is -2.34. The van der Waals surface area contributed by atoms with Crippen LogP contribution in [0.1, 0.15) is 27.0 Å². The summed E-state index contributed by atoms with van der Waals surface area (Å²) in [4.78, 5) is 39.9. The minimum absolute atomic E-state index is 0.133. The molecule has 0 aliphatic carbocycles. The molecule has 3 N–H and O–H groups in total. The number of nitrogens with zero attached hydrogens (tertiary/aromatic N) is 5. The van der Waals surface area contributed by atoms with E-state index >= 15 is 0 Å². The number of aliphatic carboxylic acids is 1. The van der Waals surface area contributed by atoms with Gasteiger partial charge in [0.25, 0.3) is 5.91 Å². The Bertz CT molecular complexity index is 1970. The molecule has 246 valence electrons. The van der Waals surface area contributed by atoms with Crippen LogP contribution in [0.25, 0.3) is 22.2 Å². The Morgan fingerprint density at radius 2 is 1.69 bits per heavy atom. The number of aryl methyl sites for hydroxylation is 1. The zero-order valence-corrected chi connectivity index (χ0v) is 26.4. The molecule has 1 aliphatic heterocycles. The number of piperazine rings is 1. The van der Waals surface area contributed by atoms with Crippen LogP contribution >= 0.6 is 0 Å². The number of hydrogen-bond acceptors (Lipinski definition) is 10. The Kier molecular flexibility index (Phi) is 9.69. The van der Waals surface area contributed by atoms with E-state index < -0.39 is 10.9 Å². The van der Waals surface area contributed by atoms with Crippen LogP contribution in [0.5, 0.6) is 0 Å². The molecule has 13 nitrogen and oxygen atoms in total. The number of carbonyl (C=O) groups excluding carboxylic acids is 1. The number of carboxylic acid groups (broad SMARTS) is 1. The average Bonchev–Trinajstić information content (AvgIpc) is 3.57. The fraction of sp³-hybridized carbons (Fsp3) is 0.257. The van der Waals surface area contributed by atoms with Gasteiger partial charge in [0, 0.05) is 63.1 Å². The predicted octanol–water partition coefficient (Wildman–Crippen LogP) is 5.22. The molecule has 1 fully saturated rings. The number of anilines is 2. The van der Waals surface area contributed by atoms with Crippen molar-refractivity contribution in [3.63, 3.8) is 0 Å². The van der Waals surface area contributed by atoms with Gasteiger partial charge >= 0.3 is 11.7 Å². The third-order valence-electron chi connectivity index (χ3n) is 8.54. The number of non-ortho nitro benzene ring substituents is 1. The first kappa shape index (κ1) is 32.3. The van der Waals surface area contributed by atoms with Gasteiger partial charge in [-0.15, -0.1) is 0 Å². The third kappa shape index (κ3) is 7.48. The number of aromatic nitrogens is 2. The lowest BCUT2D eigenvalue weighted by atomic mass is 9.96. The van der Waals surface area contributed by atoms with Gasteiger partial charge in [-0.1, -0.05) is 48.5 Å². The molecule has 0 spiro atoms. The van der Waals surface area contributed by atoms with E-state index in [1.165, 1.54) is 11.6 Å². The number of nitro groups is 1. The second-order valence-electron chi connectivity index (χ2n) is 11.8. The van der Waals surface area contributed by atoms with Crippen molar-refractivity contribution < 1.29 is 24.2 Å². The van der Waals surface area contributed by atoms with Crippen LogP contribution in [0.15, 0.2) is 83.5 Å². The average molecular weight is 650 g/mol. The second kappa shape index (κ2) is 14.4. The summed E-state index contributed by atoms with van der Waals surface area (Å²) in [5.74, 6) is -1.26. The van der Waals surface area contributed by atoms with E-state index in [1.807, 2.05) is 18.2 Å². The molecule has 0 atom stereocenters. The highest BCUT2D eigenvalue weighted by Crippen LogP contribution is 2.29. The van der Waals surface area contributed by atoms with E-state index in [1.54, 1.807) is 36.4 Å². The number of nitro benzene ring substituents is 1. The molecule has 13 heteroatoms. The number of carbonyl (C=O) groups is 2. The zero-order valence-electron chi connectivity index (χ0n) is 26.4.